The van der Waals surface area contributed by atoms with Gasteiger partial charge in [0.2, 0.25) is 0 Å². The number of nitrogens with one attached hydrogen (secondary N) is 1. The van der Waals surface area contributed by atoms with Crippen molar-refractivity contribution >= 4 is 5.91 Å². The van der Waals surface area contributed by atoms with Crippen molar-refractivity contribution < 1.29 is 9.18 Å². The highest BCUT2D eigenvalue weighted by atomic mass is 19.1. The van der Waals surface area contributed by atoms with Gasteiger partial charge in [-0.2, -0.15) is 0 Å². The molecule has 1 aromatic carbocycles. The normalized spacial score (nSPS) is 20.4. The number of carbonyl (C=O) groups excluding carboxylic acids is 1. The molecule has 2 aromatic rings. The molecule has 1 amide bonds. The lowest BCUT2D eigenvalue weighted by Gasteiger charge is -2.21. The molecule has 1 heterocycles. The molecule has 1 N–H and O–H groups in total. The molecule has 1 aliphatic rings. The van der Waals surface area contributed by atoms with Crippen molar-refractivity contribution in [3.8, 4) is 0 Å². The van der Waals surface area contributed by atoms with Gasteiger partial charge < -0.3 is 5.32 Å². The zero-order valence-electron chi connectivity index (χ0n) is 13.1. The maximum Gasteiger partial charge on any atom is 0.254 e. The van der Waals surface area contributed by atoms with Crippen molar-refractivity contribution in [3.05, 3.63) is 59.4 Å². The van der Waals surface area contributed by atoms with Gasteiger partial charge in [-0.25, -0.2) is 14.4 Å². The van der Waals surface area contributed by atoms with Gasteiger partial charge in [0, 0.05) is 12.2 Å². The molecule has 0 saturated heterocycles. The van der Waals surface area contributed by atoms with Crippen molar-refractivity contribution in [1.82, 2.24) is 15.3 Å². The van der Waals surface area contributed by atoms with Crippen molar-refractivity contribution in [1.29, 1.82) is 0 Å². The molecule has 4 nitrogen and oxygen atoms in total. The molecule has 0 spiro atoms. The van der Waals surface area contributed by atoms with Gasteiger partial charge >= 0.3 is 0 Å². The predicted molar refractivity (Wildman–Crippen MR) is 85.5 cm³/mol. The Morgan fingerprint density at radius 2 is 2.09 bits per heavy atom. The number of carbonyl (C=O) groups is 1. The van der Waals surface area contributed by atoms with Crippen LogP contribution in [0.25, 0.3) is 0 Å². The lowest BCUT2D eigenvalue weighted by Crippen LogP contribution is -2.38. The van der Waals surface area contributed by atoms with Gasteiger partial charge in [-0.05, 0) is 49.8 Å². The van der Waals surface area contributed by atoms with Crippen molar-refractivity contribution in [2.24, 2.45) is 5.92 Å². The fraction of sp³-hybridized carbons (Fsp3) is 0.389. The summed E-state index contributed by atoms with van der Waals surface area (Å²) in [6.45, 7) is 1.81. The third-order valence-corrected chi connectivity index (χ3v) is 4.54. The Morgan fingerprint density at radius 3 is 2.83 bits per heavy atom. The summed E-state index contributed by atoms with van der Waals surface area (Å²) in [5.74, 6) is 0.0537. The number of hydrogen-bond donors (Lipinski definition) is 1. The Hall–Kier alpha value is -2.30. The molecule has 5 heteroatoms. The Kier molecular flexibility index (Phi) is 4.65. The third kappa shape index (κ3) is 3.73. The van der Waals surface area contributed by atoms with E-state index in [4.69, 9.17) is 0 Å². The summed E-state index contributed by atoms with van der Waals surface area (Å²) in [6.07, 6.45) is 7.01. The molecular formula is C18H20FN3O. The molecule has 1 fully saturated rings. The van der Waals surface area contributed by atoms with Crippen LogP contribution in [-0.4, -0.2) is 21.9 Å². The van der Waals surface area contributed by atoms with Gasteiger partial charge in [0.25, 0.3) is 5.91 Å². The summed E-state index contributed by atoms with van der Waals surface area (Å²) in [5, 5.41) is 3.12. The molecule has 1 aliphatic carbocycles. The van der Waals surface area contributed by atoms with Crippen LogP contribution in [0.4, 0.5) is 4.39 Å². The number of aryl methyl sites for hydroxylation is 1. The number of rotatable bonds is 4. The summed E-state index contributed by atoms with van der Waals surface area (Å²) in [5.41, 5.74) is 2.32. The maximum absolute atomic E-state index is 13.0. The third-order valence-electron chi connectivity index (χ3n) is 4.54. The molecule has 2 atom stereocenters. The monoisotopic (exact) mass is 313 g/mol. The van der Waals surface area contributed by atoms with E-state index < -0.39 is 0 Å². The summed E-state index contributed by atoms with van der Waals surface area (Å²) < 4.78 is 13.0. The second-order valence-electron chi connectivity index (χ2n) is 6.12. The maximum atomic E-state index is 13.0. The van der Waals surface area contributed by atoms with Gasteiger partial charge in [0.05, 0.1) is 11.3 Å². The van der Waals surface area contributed by atoms with Gasteiger partial charge in [0.15, 0.2) is 0 Å². The fourth-order valence-corrected chi connectivity index (χ4v) is 3.25. The number of aromatic nitrogens is 2. The van der Waals surface area contributed by atoms with Crippen LogP contribution in [0, 0.1) is 18.7 Å². The minimum atomic E-state index is -0.218. The standard InChI is InChI=1S/C18H20FN3O/c1-12-16(10-20-11-21-12)18(23)22-17-4-2-3-14(17)9-13-5-7-15(19)8-6-13/h5-8,10-11,14,17H,2-4,9H2,1H3,(H,22,23). The zero-order chi connectivity index (χ0) is 16.2. The molecule has 1 aromatic heterocycles. The van der Waals surface area contributed by atoms with Gasteiger partial charge in [-0.3, -0.25) is 4.79 Å². The van der Waals surface area contributed by atoms with Crippen LogP contribution in [0.15, 0.2) is 36.8 Å². The minimum Gasteiger partial charge on any atom is -0.349 e. The molecular weight excluding hydrogens is 293 g/mol. The van der Waals surface area contributed by atoms with Gasteiger partial charge in [0.1, 0.15) is 12.1 Å². The average Bonchev–Trinajstić information content (AvgIpc) is 2.97. The highest BCUT2D eigenvalue weighted by Gasteiger charge is 2.29. The smallest absolute Gasteiger partial charge is 0.254 e. The lowest BCUT2D eigenvalue weighted by molar-refractivity contribution is 0.0926. The van der Waals surface area contributed by atoms with Crippen LogP contribution in [0.5, 0.6) is 0 Å². The first-order chi connectivity index (χ1) is 11.1. The molecule has 23 heavy (non-hydrogen) atoms. The highest BCUT2D eigenvalue weighted by molar-refractivity contribution is 5.95. The Labute approximate surface area is 135 Å². The van der Waals surface area contributed by atoms with Crippen LogP contribution in [0.2, 0.25) is 0 Å². The van der Waals surface area contributed by atoms with Gasteiger partial charge in [-0.1, -0.05) is 18.6 Å². The largest absolute Gasteiger partial charge is 0.349 e. The van der Waals surface area contributed by atoms with Crippen LogP contribution < -0.4 is 5.32 Å². The Bertz CT molecular complexity index is 687. The average molecular weight is 313 g/mol. The first-order valence-corrected chi connectivity index (χ1v) is 7.95. The van der Waals surface area contributed by atoms with Crippen molar-refractivity contribution in [2.45, 2.75) is 38.6 Å². The number of halogens is 1. The van der Waals surface area contributed by atoms with E-state index in [0.717, 1.165) is 31.2 Å². The van der Waals surface area contributed by atoms with Crippen LogP contribution >= 0.6 is 0 Å². The first-order valence-electron chi connectivity index (χ1n) is 7.95. The van der Waals surface area contributed by atoms with Gasteiger partial charge in [-0.15, -0.1) is 0 Å². The number of amides is 1. The van der Waals surface area contributed by atoms with E-state index in [1.165, 1.54) is 18.5 Å². The van der Waals surface area contributed by atoms with E-state index in [1.807, 2.05) is 12.1 Å². The van der Waals surface area contributed by atoms with Crippen molar-refractivity contribution in [2.75, 3.05) is 0 Å². The van der Waals surface area contributed by atoms with E-state index in [2.05, 4.69) is 15.3 Å². The molecule has 0 bridgehead atoms. The molecule has 3 rings (SSSR count). The molecule has 120 valence electrons. The Morgan fingerprint density at radius 1 is 1.30 bits per heavy atom. The van der Waals surface area contributed by atoms with E-state index in [0.29, 0.717) is 17.2 Å². The molecule has 0 aliphatic heterocycles. The van der Waals surface area contributed by atoms with Crippen molar-refractivity contribution in [3.63, 3.8) is 0 Å². The molecule has 2 unspecified atom stereocenters. The number of hydrogen-bond acceptors (Lipinski definition) is 3. The van der Waals surface area contributed by atoms with E-state index >= 15 is 0 Å². The molecule has 0 radical (unpaired) electrons. The summed E-state index contributed by atoms with van der Waals surface area (Å²) in [6, 6.07) is 6.77. The van der Waals surface area contributed by atoms with E-state index in [1.54, 1.807) is 13.1 Å². The topological polar surface area (TPSA) is 54.9 Å². The van der Waals surface area contributed by atoms with E-state index in [-0.39, 0.29) is 17.8 Å². The quantitative estimate of drug-likeness (QED) is 0.944. The lowest BCUT2D eigenvalue weighted by atomic mass is 9.94. The zero-order valence-corrected chi connectivity index (χ0v) is 13.1. The van der Waals surface area contributed by atoms with Crippen LogP contribution in [-0.2, 0) is 6.42 Å². The second kappa shape index (κ2) is 6.86. The van der Waals surface area contributed by atoms with Crippen LogP contribution in [0.3, 0.4) is 0 Å². The minimum absolute atomic E-state index is 0.112. The molecule has 1 saturated carbocycles. The summed E-state index contributed by atoms with van der Waals surface area (Å²) in [4.78, 5) is 20.4. The second-order valence-corrected chi connectivity index (χ2v) is 6.12. The summed E-state index contributed by atoms with van der Waals surface area (Å²) in [7, 11) is 0. The number of benzene rings is 1. The van der Waals surface area contributed by atoms with Crippen LogP contribution in [0.1, 0.15) is 40.9 Å². The SMILES string of the molecule is Cc1ncncc1C(=O)NC1CCCC1Cc1ccc(F)cc1. The first kappa shape index (κ1) is 15.6. The van der Waals surface area contributed by atoms with E-state index in [9.17, 15) is 9.18 Å². The summed E-state index contributed by atoms with van der Waals surface area (Å²) >= 11 is 0. The highest BCUT2D eigenvalue weighted by Crippen LogP contribution is 2.29. The predicted octanol–water partition coefficient (Wildman–Crippen LogP) is 3.07. The number of nitrogens with zero attached hydrogens (tertiary/aromatic N) is 2. The fourth-order valence-electron chi connectivity index (χ4n) is 3.25. The Balaban J connectivity index is 1.66.